The first-order valence-electron chi connectivity index (χ1n) is 7.64. The number of H-pyrrole nitrogens is 1. The van der Waals surface area contributed by atoms with Gasteiger partial charge in [0.25, 0.3) is 0 Å². The number of aromatic hydroxyl groups is 1. The molecular formula is C16H19N5O2S. The minimum absolute atomic E-state index is 0.319. The number of aldehydes is 1. The fourth-order valence-electron chi connectivity index (χ4n) is 2.81. The number of carbonyl (C=O) groups is 1. The van der Waals surface area contributed by atoms with Crippen molar-refractivity contribution in [3.05, 3.63) is 39.6 Å². The molecule has 0 saturated carbocycles. The standard InChI is InChI=1S/C16H19N5O2S/c1-10-5-12(6-11(2)16(10)23)7-14-13(9-22)21(3-4-24-14)8-15-17-19-20-18-15/h5-7,9,13,23H,3-4,8H2,1-2H3,(H,17,18,19,20). The second-order valence-electron chi connectivity index (χ2n) is 5.78. The predicted octanol–water partition coefficient (Wildman–Crippen LogP) is 1.68. The number of phenols is 1. The summed E-state index contributed by atoms with van der Waals surface area (Å²) in [4.78, 5) is 14.7. The van der Waals surface area contributed by atoms with E-state index in [0.29, 0.717) is 18.1 Å². The largest absolute Gasteiger partial charge is 0.507 e. The number of carbonyl (C=O) groups excluding carboxylic acids is 1. The van der Waals surface area contributed by atoms with Gasteiger partial charge in [0.15, 0.2) is 5.82 Å². The molecule has 2 aromatic rings. The molecule has 126 valence electrons. The summed E-state index contributed by atoms with van der Waals surface area (Å²) < 4.78 is 0. The maximum Gasteiger partial charge on any atom is 0.188 e. The van der Waals surface area contributed by atoms with Crippen molar-refractivity contribution in [2.75, 3.05) is 12.3 Å². The fourth-order valence-corrected chi connectivity index (χ4v) is 3.97. The number of thioether (sulfide) groups is 1. The first-order valence-corrected chi connectivity index (χ1v) is 8.63. The Balaban J connectivity index is 1.87. The summed E-state index contributed by atoms with van der Waals surface area (Å²) in [6, 6.07) is 3.53. The van der Waals surface area contributed by atoms with Crippen molar-refractivity contribution in [2.45, 2.75) is 26.4 Å². The summed E-state index contributed by atoms with van der Waals surface area (Å²) in [5.74, 6) is 1.79. The smallest absolute Gasteiger partial charge is 0.188 e. The zero-order chi connectivity index (χ0) is 17.1. The molecule has 1 aromatic heterocycles. The molecule has 1 atom stereocenters. The number of hydrogen-bond acceptors (Lipinski definition) is 7. The molecule has 0 spiro atoms. The Hall–Kier alpha value is -2.19. The number of aromatic nitrogens is 4. The SMILES string of the molecule is Cc1cc(C=C2SCCN(Cc3nn[nH]n3)C2C=O)cc(C)c1O. The van der Waals surface area contributed by atoms with Gasteiger partial charge >= 0.3 is 0 Å². The van der Waals surface area contributed by atoms with E-state index in [1.54, 1.807) is 11.8 Å². The van der Waals surface area contributed by atoms with E-state index in [0.717, 1.165) is 40.2 Å². The molecule has 1 aromatic carbocycles. The van der Waals surface area contributed by atoms with Crippen molar-refractivity contribution in [1.29, 1.82) is 0 Å². The Kier molecular flexibility index (Phi) is 4.96. The maximum atomic E-state index is 11.7. The molecule has 0 radical (unpaired) electrons. The average molecular weight is 345 g/mol. The van der Waals surface area contributed by atoms with Crippen LogP contribution in [0.15, 0.2) is 17.0 Å². The first-order chi connectivity index (χ1) is 11.6. The van der Waals surface area contributed by atoms with E-state index < -0.39 is 0 Å². The summed E-state index contributed by atoms with van der Waals surface area (Å²) in [6.07, 6.45) is 2.98. The Bertz CT molecular complexity index is 737. The number of rotatable bonds is 4. The highest BCUT2D eigenvalue weighted by molar-refractivity contribution is 8.03. The molecule has 2 N–H and O–H groups in total. The summed E-state index contributed by atoms with van der Waals surface area (Å²) in [5.41, 5.74) is 2.64. The molecular weight excluding hydrogens is 326 g/mol. The quantitative estimate of drug-likeness (QED) is 0.814. The number of nitrogens with one attached hydrogen (secondary N) is 1. The third-order valence-electron chi connectivity index (χ3n) is 4.02. The van der Waals surface area contributed by atoms with Crippen LogP contribution < -0.4 is 0 Å². The normalized spacial score (nSPS) is 20.4. The second kappa shape index (κ2) is 7.14. The van der Waals surface area contributed by atoms with Gasteiger partial charge in [0.05, 0.1) is 12.6 Å². The second-order valence-corrected chi connectivity index (χ2v) is 6.95. The highest BCUT2D eigenvalue weighted by atomic mass is 32.2. The summed E-state index contributed by atoms with van der Waals surface area (Å²) in [7, 11) is 0. The van der Waals surface area contributed by atoms with Crippen LogP contribution in [-0.4, -0.2) is 55.3 Å². The minimum Gasteiger partial charge on any atom is -0.507 e. The lowest BCUT2D eigenvalue weighted by Gasteiger charge is -2.33. The van der Waals surface area contributed by atoms with Crippen LogP contribution in [0.1, 0.15) is 22.5 Å². The van der Waals surface area contributed by atoms with E-state index in [1.807, 2.05) is 37.0 Å². The Labute approximate surface area is 144 Å². The Morgan fingerprint density at radius 1 is 1.42 bits per heavy atom. The lowest BCUT2D eigenvalue weighted by molar-refractivity contribution is -0.111. The highest BCUT2D eigenvalue weighted by Crippen LogP contribution is 2.32. The van der Waals surface area contributed by atoms with Crippen molar-refractivity contribution in [1.82, 2.24) is 25.5 Å². The van der Waals surface area contributed by atoms with E-state index in [1.165, 1.54) is 0 Å². The molecule has 3 rings (SSSR count). The number of tetrazole rings is 1. The van der Waals surface area contributed by atoms with E-state index >= 15 is 0 Å². The summed E-state index contributed by atoms with van der Waals surface area (Å²) in [6.45, 7) is 5.01. The average Bonchev–Trinajstić information content (AvgIpc) is 3.06. The molecule has 1 aliphatic rings. The van der Waals surface area contributed by atoms with Gasteiger partial charge < -0.3 is 9.90 Å². The number of benzene rings is 1. The van der Waals surface area contributed by atoms with Crippen molar-refractivity contribution < 1.29 is 9.90 Å². The number of aromatic amines is 1. The van der Waals surface area contributed by atoms with Crippen LogP contribution in [-0.2, 0) is 11.3 Å². The molecule has 0 amide bonds. The molecule has 1 aliphatic heterocycles. The number of aryl methyl sites for hydroxylation is 2. The molecule has 8 heteroatoms. The van der Waals surface area contributed by atoms with E-state index in [9.17, 15) is 9.90 Å². The number of phenolic OH excluding ortho intramolecular Hbond substituents is 1. The highest BCUT2D eigenvalue weighted by Gasteiger charge is 2.28. The zero-order valence-electron chi connectivity index (χ0n) is 13.6. The fraction of sp³-hybridized carbons (Fsp3) is 0.375. The van der Waals surface area contributed by atoms with Gasteiger partial charge in [-0.2, -0.15) is 5.21 Å². The van der Waals surface area contributed by atoms with Crippen LogP contribution >= 0.6 is 11.8 Å². The third-order valence-corrected chi connectivity index (χ3v) is 5.10. The summed E-state index contributed by atoms with van der Waals surface area (Å²) >= 11 is 1.68. The van der Waals surface area contributed by atoms with Gasteiger partial charge in [-0.3, -0.25) is 4.90 Å². The number of nitrogens with zero attached hydrogens (tertiary/aromatic N) is 4. The monoisotopic (exact) mass is 345 g/mol. The molecule has 1 saturated heterocycles. The topological polar surface area (TPSA) is 95.0 Å². The lowest BCUT2D eigenvalue weighted by atomic mass is 10.0. The van der Waals surface area contributed by atoms with Crippen LogP contribution in [0.4, 0.5) is 0 Å². The minimum atomic E-state index is -0.323. The van der Waals surface area contributed by atoms with Gasteiger partial charge in [0.1, 0.15) is 12.0 Å². The van der Waals surface area contributed by atoms with E-state index in [2.05, 4.69) is 20.6 Å². The van der Waals surface area contributed by atoms with Gasteiger partial charge in [0, 0.05) is 17.2 Å². The molecule has 0 bridgehead atoms. The van der Waals surface area contributed by atoms with Gasteiger partial charge in [-0.05, 0) is 48.7 Å². The third kappa shape index (κ3) is 3.49. The molecule has 2 heterocycles. The molecule has 7 nitrogen and oxygen atoms in total. The van der Waals surface area contributed by atoms with Crippen molar-refractivity contribution >= 4 is 24.1 Å². The number of hydrogen-bond donors (Lipinski definition) is 2. The van der Waals surface area contributed by atoms with Gasteiger partial charge in [0.2, 0.25) is 0 Å². The first kappa shape index (κ1) is 16.7. The van der Waals surface area contributed by atoms with Gasteiger partial charge in [-0.1, -0.05) is 5.21 Å². The zero-order valence-corrected chi connectivity index (χ0v) is 14.4. The van der Waals surface area contributed by atoms with E-state index in [4.69, 9.17) is 0 Å². The Morgan fingerprint density at radius 2 is 2.17 bits per heavy atom. The predicted molar refractivity (Wildman–Crippen MR) is 92.5 cm³/mol. The molecule has 0 aliphatic carbocycles. The lowest BCUT2D eigenvalue weighted by Crippen LogP contribution is -2.41. The Morgan fingerprint density at radius 3 is 2.79 bits per heavy atom. The van der Waals surface area contributed by atoms with Crippen LogP contribution in [0.2, 0.25) is 0 Å². The van der Waals surface area contributed by atoms with Crippen LogP contribution in [0.25, 0.3) is 6.08 Å². The van der Waals surface area contributed by atoms with Crippen LogP contribution in [0, 0.1) is 13.8 Å². The molecule has 24 heavy (non-hydrogen) atoms. The van der Waals surface area contributed by atoms with Crippen molar-refractivity contribution in [3.8, 4) is 5.75 Å². The summed E-state index contributed by atoms with van der Waals surface area (Å²) in [5, 5.41) is 23.8. The van der Waals surface area contributed by atoms with Crippen molar-refractivity contribution in [2.24, 2.45) is 0 Å². The molecule has 1 fully saturated rings. The van der Waals surface area contributed by atoms with Crippen LogP contribution in [0.3, 0.4) is 0 Å². The van der Waals surface area contributed by atoms with Gasteiger partial charge in [-0.15, -0.1) is 22.0 Å². The maximum absolute atomic E-state index is 11.7. The van der Waals surface area contributed by atoms with Gasteiger partial charge in [-0.25, -0.2) is 0 Å². The van der Waals surface area contributed by atoms with E-state index in [-0.39, 0.29) is 6.04 Å². The molecule has 1 unspecified atom stereocenters. The van der Waals surface area contributed by atoms with Crippen molar-refractivity contribution in [3.63, 3.8) is 0 Å². The van der Waals surface area contributed by atoms with Crippen LogP contribution in [0.5, 0.6) is 5.75 Å².